The number of nitro benzene ring substituents is 1. The molecular weight excluding hydrogens is 474 g/mol. The lowest BCUT2D eigenvalue weighted by molar-refractivity contribution is -0.384. The van der Waals surface area contributed by atoms with Gasteiger partial charge in [0.15, 0.2) is 0 Å². The van der Waals surface area contributed by atoms with Gasteiger partial charge in [0.2, 0.25) is 0 Å². The first kappa shape index (κ1) is 23.7. The molecule has 1 aliphatic carbocycles. The molecule has 3 atom stereocenters. The third kappa shape index (κ3) is 4.93. The zero-order valence-electron chi connectivity index (χ0n) is 20.7. The van der Waals surface area contributed by atoms with Crippen LogP contribution >= 0.6 is 0 Å². The van der Waals surface area contributed by atoms with E-state index >= 15 is 0 Å². The molecular formula is C32H27N3O3. The standard InChI is InChI=1S/C32H27N3O3/c36-35(37)26-16-8-23(9-17-26)21-38-27-18-10-22(11-19-27)20-33-25-14-12-24(13-15-25)32-30-6-3-5-28(30)29-4-1-2-7-31(29)34-32/h1-5,7-20,28,30,32,34H,6,21H2/t28-,30-,32-/m0/s1. The number of hydrogen-bond acceptors (Lipinski definition) is 5. The highest BCUT2D eigenvalue weighted by molar-refractivity contribution is 5.82. The Hall–Kier alpha value is -4.71. The van der Waals surface area contributed by atoms with E-state index in [0.717, 1.165) is 29.0 Å². The second kappa shape index (κ2) is 10.3. The minimum Gasteiger partial charge on any atom is -0.489 e. The number of rotatable bonds is 7. The van der Waals surface area contributed by atoms with Crippen LogP contribution < -0.4 is 10.1 Å². The normalized spacial score (nSPS) is 19.5. The Labute approximate surface area is 221 Å². The van der Waals surface area contributed by atoms with Gasteiger partial charge in [-0.05, 0) is 89.2 Å². The van der Waals surface area contributed by atoms with E-state index in [1.807, 2.05) is 30.5 Å². The fourth-order valence-electron chi connectivity index (χ4n) is 5.32. The topological polar surface area (TPSA) is 76.8 Å². The molecule has 4 aromatic carbocycles. The molecule has 6 nitrogen and oxygen atoms in total. The van der Waals surface area contributed by atoms with Crippen LogP contribution in [0, 0.1) is 16.0 Å². The maximum atomic E-state index is 10.8. The summed E-state index contributed by atoms with van der Waals surface area (Å²) in [6, 6.07) is 31.5. The van der Waals surface area contributed by atoms with E-state index in [9.17, 15) is 10.1 Å². The number of ether oxygens (including phenoxy) is 1. The van der Waals surface area contributed by atoms with Gasteiger partial charge in [-0.2, -0.15) is 0 Å². The number of para-hydroxylation sites is 1. The van der Waals surface area contributed by atoms with Crippen molar-refractivity contribution in [1.82, 2.24) is 0 Å². The molecule has 0 bridgehead atoms. The average Bonchev–Trinajstić information content (AvgIpc) is 3.46. The van der Waals surface area contributed by atoms with E-state index in [1.54, 1.807) is 12.1 Å². The third-order valence-electron chi connectivity index (χ3n) is 7.32. The molecule has 38 heavy (non-hydrogen) atoms. The lowest BCUT2D eigenvalue weighted by Crippen LogP contribution is -2.28. The van der Waals surface area contributed by atoms with Crippen LogP contribution in [0.1, 0.15) is 40.6 Å². The van der Waals surface area contributed by atoms with Crippen molar-refractivity contribution in [2.24, 2.45) is 10.9 Å². The van der Waals surface area contributed by atoms with Gasteiger partial charge in [0, 0.05) is 30.0 Å². The Morgan fingerprint density at radius 3 is 2.47 bits per heavy atom. The van der Waals surface area contributed by atoms with Gasteiger partial charge in [-0.25, -0.2) is 0 Å². The molecule has 0 saturated heterocycles. The smallest absolute Gasteiger partial charge is 0.269 e. The number of benzene rings is 4. The molecule has 0 saturated carbocycles. The Kier molecular flexibility index (Phi) is 6.44. The minimum absolute atomic E-state index is 0.0724. The van der Waals surface area contributed by atoms with Crippen molar-refractivity contribution < 1.29 is 9.66 Å². The van der Waals surface area contributed by atoms with Gasteiger partial charge in [-0.15, -0.1) is 0 Å². The van der Waals surface area contributed by atoms with Crippen LogP contribution in [-0.4, -0.2) is 11.1 Å². The van der Waals surface area contributed by atoms with Crippen LogP contribution in [0.5, 0.6) is 5.75 Å². The zero-order chi connectivity index (χ0) is 25.9. The Bertz CT molecular complexity index is 1490. The van der Waals surface area contributed by atoms with E-state index in [-0.39, 0.29) is 11.7 Å². The van der Waals surface area contributed by atoms with Crippen molar-refractivity contribution in [2.75, 3.05) is 5.32 Å². The summed E-state index contributed by atoms with van der Waals surface area (Å²) in [7, 11) is 0. The van der Waals surface area contributed by atoms with Gasteiger partial charge >= 0.3 is 0 Å². The summed E-state index contributed by atoms with van der Waals surface area (Å²) in [5.41, 5.74) is 6.73. The van der Waals surface area contributed by atoms with E-state index in [1.165, 1.54) is 28.9 Å². The Morgan fingerprint density at radius 1 is 0.947 bits per heavy atom. The number of nitrogens with one attached hydrogen (secondary N) is 1. The van der Waals surface area contributed by atoms with Crippen molar-refractivity contribution in [1.29, 1.82) is 0 Å². The zero-order valence-corrected chi connectivity index (χ0v) is 20.7. The SMILES string of the molecule is O=[N+]([O-])c1ccc(COc2ccc(C=Nc3ccc([C@@H]4Nc5ccccc5[C@@H]5C=CC[C@@H]54)cc3)cc2)cc1. The summed E-state index contributed by atoms with van der Waals surface area (Å²) < 4.78 is 5.81. The van der Waals surface area contributed by atoms with Crippen LogP contribution in [0.25, 0.3) is 0 Å². The number of allylic oxidation sites excluding steroid dienone is 2. The van der Waals surface area contributed by atoms with Crippen molar-refractivity contribution in [3.8, 4) is 5.75 Å². The lowest BCUT2D eigenvalue weighted by Gasteiger charge is -2.37. The summed E-state index contributed by atoms with van der Waals surface area (Å²) in [5, 5.41) is 14.6. The van der Waals surface area contributed by atoms with Gasteiger partial charge < -0.3 is 10.1 Å². The molecule has 2 aliphatic rings. The summed E-state index contributed by atoms with van der Waals surface area (Å²) in [6.45, 7) is 0.344. The highest BCUT2D eigenvalue weighted by Gasteiger charge is 2.37. The predicted molar refractivity (Wildman–Crippen MR) is 150 cm³/mol. The summed E-state index contributed by atoms with van der Waals surface area (Å²) in [5.74, 6) is 1.72. The maximum absolute atomic E-state index is 10.8. The lowest BCUT2D eigenvalue weighted by atomic mass is 9.77. The number of hydrogen-bond donors (Lipinski definition) is 1. The van der Waals surface area contributed by atoms with E-state index < -0.39 is 4.92 Å². The predicted octanol–water partition coefficient (Wildman–Crippen LogP) is 7.75. The molecule has 0 amide bonds. The van der Waals surface area contributed by atoms with Crippen LogP contribution in [0.15, 0.2) is 114 Å². The van der Waals surface area contributed by atoms with Crippen molar-refractivity contribution >= 4 is 23.3 Å². The van der Waals surface area contributed by atoms with Crippen LogP contribution in [0.3, 0.4) is 0 Å². The van der Waals surface area contributed by atoms with E-state index in [0.29, 0.717) is 18.4 Å². The monoisotopic (exact) mass is 501 g/mol. The van der Waals surface area contributed by atoms with Gasteiger partial charge in [-0.1, -0.05) is 42.5 Å². The molecule has 188 valence electrons. The second-order valence-electron chi connectivity index (χ2n) is 9.69. The summed E-state index contributed by atoms with van der Waals surface area (Å²) in [6.07, 6.45) is 7.62. The van der Waals surface area contributed by atoms with Crippen LogP contribution in [0.2, 0.25) is 0 Å². The number of aliphatic imine (C=N–C) groups is 1. The first-order valence-electron chi connectivity index (χ1n) is 12.8. The average molecular weight is 502 g/mol. The third-order valence-corrected chi connectivity index (χ3v) is 7.32. The molecule has 6 heteroatoms. The van der Waals surface area contributed by atoms with Gasteiger partial charge in [-0.3, -0.25) is 15.1 Å². The summed E-state index contributed by atoms with van der Waals surface area (Å²) in [4.78, 5) is 15.0. The Balaban J connectivity index is 1.07. The molecule has 0 aromatic heterocycles. The molecule has 0 fully saturated rings. The van der Waals surface area contributed by atoms with Gasteiger partial charge in [0.05, 0.1) is 16.7 Å². The first-order chi connectivity index (χ1) is 18.6. The number of non-ortho nitro benzene ring substituents is 1. The number of anilines is 1. The second-order valence-corrected chi connectivity index (χ2v) is 9.69. The first-order valence-corrected chi connectivity index (χ1v) is 12.8. The van der Waals surface area contributed by atoms with Crippen molar-refractivity contribution in [3.05, 3.63) is 142 Å². The summed E-state index contributed by atoms with van der Waals surface area (Å²) >= 11 is 0. The fraction of sp³-hybridized carbons (Fsp3) is 0.156. The van der Waals surface area contributed by atoms with Gasteiger partial charge in [0.25, 0.3) is 5.69 Å². The Morgan fingerprint density at radius 2 is 1.71 bits per heavy atom. The molecule has 1 heterocycles. The molecule has 4 aromatic rings. The van der Waals surface area contributed by atoms with Gasteiger partial charge in [0.1, 0.15) is 12.4 Å². The molecule has 6 rings (SSSR count). The molecule has 0 spiro atoms. The fourth-order valence-corrected chi connectivity index (χ4v) is 5.32. The van der Waals surface area contributed by atoms with E-state index in [4.69, 9.17) is 4.74 Å². The highest BCUT2D eigenvalue weighted by atomic mass is 16.6. The van der Waals surface area contributed by atoms with E-state index in [2.05, 4.69) is 71.0 Å². The van der Waals surface area contributed by atoms with Crippen molar-refractivity contribution in [3.63, 3.8) is 0 Å². The van der Waals surface area contributed by atoms with Crippen LogP contribution in [-0.2, 0) is 6.61 Å². The minimum atomic E-state index is -0.408. The molecule has 0 unspecified atom stereocenters. The molecule has 0 radical (unpaired) electrons. The maximum Gasteiger partial charge on any atom is 0.269 e. The van der Waals surface area contributed by atoms with Crippen LogP contribution in [0.4, 0.5) is 17.1 Å². The number of fused-ring (bicyclic) bond motifs is 3. The highest BCUT2D eigenvalue weighted by Crippen LogP contribution is 2.49. The number of nitrogens with zero attached hydrogens (tertiary/aromatic N) is 2. The molecule has 1 N–H and O–H groups in total. The van der Waals surface area contributed by atoms with Crippen molar-refractivity contribution in [2.45, 2.75) is 25.0 Å². The quantitative estimate of drug-likeness (QED) is 0.122. The largest absolute Gasteiger partial charge is 0.489 e. The molecule has 1 aliphatic heterocycles. The number of nitro groups is 1.